The van der Waals surface area contributed by atoms with Crippen LogP contribution in [0.25, 0.3) is 0 Å². The first kappa shape index (κ1) is 16.7. The van der Waals surface area contributed by atoms with E-state index < -0.39 is 0 Å². The first-order valence-electron chi connectivity index (χ1n) is 5.48. The molecule has 0 aromatic heterocycles. The fourth-order valence-corrected chi connectivity index (χ4v) is 1.28. The third kappa shape index (κ3) is 6.45. The summed E-state index contributed by atoms with van der Waals surface area (Å²) in [5.41, 5.74) is 7.35. The third-order valence-corrected chi connectivity index (χ3v) is 2.02. The van der Waals surface area contributed by atoms with Crippen LogP contribution in [-0.2, 0) is 6.54 Å². The molecule has 1 rings (SSSR count). The highest BCUT2D eigenvalue weighted by molar-refractivity contribution is 14.0. The van der Waals surface area contributed by atoms with Gasteiger partial charge in [0.25, 0.3) is 0 Å². The van der Waals surface area contributed by atoms with Crippen LogP contribution < -0.4 is 11.1 Å². The molecule has 0 saturated heterocycles. The minimum absolute atomic E-state index is 0. The molecular formula is C13H19IN4. The van der Waals surface area contributed by atoms with E-state index in [4.69, 9.17) is 11.0 Å². The summed E-state index contributed by atoms with van der Waals surface area (Å²) < 4.78 is 0. The summed E-state index contributed by atoms with van der Waals surface area (Å²) in [5, 5.41) is 11.8. The van der Waals surface area contributed by atoms with Crippen molar-refractivity contribution in [1.29, 1.82) is 5.26 Å². The molecule has 0 fully saturated rings. The Balaban J connectivity index is 0.00000289. The predicted molar refractivity (Wildman–Crippen MR) is 84.8 cm³/mol. The molecule has 0 aliphatic rings. The Bertz CT molecular complexity index is 438. The summed E-state index contributed by atoms with van der Waals surface area (Å²) in [7, 11) is 0. The van der Waals surface area contributed by atoms with E-state index in [1.54, 1.807) is 12.1 Å². The first-order chi connectivity index (χ1) is 7.90. The maximum absolute atomic E-state index is 8.67. The van der Waals surface area contributed by atoms with E-state index in [-0.39, 0.29) is 29.5 Å². The Hall–Kier alpha value is -1.29. The second kappa shape index (κ2) is 7.21. The molecule has 3 N–H and O–H groups in total. The second-order valence-electron chi connectivity index (χ2n) is 4.89. The molecule has 0 atom stereocenters. The Labute approximate surface area is 125 Å². The summed E-state index contributed by atoms with van der Waals surface area (Å²) >= 11 is 0. The standard InChI is InChI=1S/C13H18N4.HI/c1-13(2,3)17-12(15)16-9-11-6-4-10(8-14)5-7-11;/h4-7H,9H2,1-3H3,(H3,15,16,17);1H. The number of halogens is 1. The van der Waals surface area contributed by atoms with E-state index in [0.717, 1.165) is 5.56 Å². The van der Waals surface area contributed by atoms with Crippen LogP contribution in [0.3, 0.4) is 0 Å². The Morgan fingerprint density at radius 2 is 1.89 bits per heavy atom. The van der Waals surface area contributed by atoms with Gasteiger partial charge in [-0.15, -0.1) is 24.0 Å². The largest absolute Gasteiger partial charge is 0.370 e. The van der Waals surface area contributed by atoms with Gasteiger partial charge in [-0.2, -0.15) is 5.26 Å². The molecule has 0 aliphatic carbocycles. The third-order valence-electron chi connectivity index (χ3n) is 2.02. The number of guanidine groups is 1. The fraction of sp³-hybridized carbons (Fsp3) is 0.385. The number of benzene rings is 1. The van der Waals surface area contributed by atoms with Gasteiger partial charge in [-0.1, -0.05) is 12.1 Å². The Morgan fingerprint density at radius 3 is 2.33 bits per heavy atom. The van der Waals surface area contributed by atoms with Crippen LogP contribution in [0.5, 0.6) is 0 Å². The van der Waals surface area contributed by atoms with Crippen LogP contribution in [-0.4, -0.2) is 11.5 Å². The average molecular weight is 358 g/mol. The maximum atomic E-state index is 8.67. The van der Waals surface area contributed by atoms with Gasteiger partial charge in [0.15, 0.2) is 5.96 Å². The lowest BCUT2D eigenvalue weighted by Gasteiger charge is -2.20. The zero-order valence-corrected chi connectivity index (χ0v) is 13.2. The van der Waals surface area contributed by atoms with E-state index in [9.17, 15) is 0 Å². The maximum Gasteiger partial charge on any atom is 0.189 e. The summed E-state index contributed by atoms with van der Waals surface area (Å²) in [5.74, 6) is 0.432. The van der Waals surface area contributed by atoms with Gasteiger partial charge in [-0.25, -0.2) is 4.99 Å². The van der Waals surface area contributed by atoms with Gasteiger partial charge >= 0.3 is 0 Å². The lowest BCUT2D eigenvalue weighted by atomic mass is 10.1. The quantitative estimate of drug-likeness (QED) is 0.484. The molecule has 0 aliphatic heterocycles. The van der Waals surface area contributed by atoms with E-state index in [0.29, 0.717) is 18.1 Å². The molecule has 0 heterocycles. The van der Waals surface area contributed by atoms with Crippen molar-refractivity contribution in [3.8, 4) is 6.07 Å². The van der Waals surface area contributed by atoms with Crippen molar-refractivity contribution in [2.45, 2.75) is 32.9 Å². The van der Waals surface area contributed by atoms with Crippen LogP contribution >= 0.6 is 24.0 Å². The van der Waals surface area contributed by atoms with Crippen molar-refractivity contribution in [2.24, 2.45) is 10.7 Å². The summed E-state index contributed by atoms with van der Waals surface area (Å²) in [6, 6.07) is 9.39. The molecule has 0 bridgehead atoms. The fourth-order valence-electron chi connectivity index (χ4n) is 1.28. The number of aliphatic imine (C=N–C) groups is 1. The smallest absolute Gasteiger partial charge is 0.189 e. The van der Waals surface area contributed by atoms with Gasteiger partial charge in [0.1, 0.15) is 0 Å². The molecule has 0 amide bonds. The van der Waals surface area contributed by atoms with Crippen LogP contribution in [0.15, 0.2) is 29.3 Å². The number of nitrogens with one attached hydrogen (secondary N) is 1. The van der Waals surface area contributed by atoms with Gasteiger partial charge in [0, 0.05) is 5.54 Å². The number of nitriles is 1. The normalized spacial score (nSPS) is 11.3. The van der Waals surface area contributed by atoms with Crippen molar-refractivity contribution in [1.82, 2.24) is 5.32 Å². The van der Waals surface area contributed by atoms with Crippen LogP contribution in [0.4, 0.5) is 0 Å². The lowest BCUT2D eigenvalue weighted by molar-refractivity contribution is 0.508. The molecule has 0 spiro atoms. The SMILES string of the molecule is CC(C)(C)NC(N)=NCc1ccc(C#N)cc1.I. The van der Waals surface area contributed by atoms with Gasteiger partial charge in [-0.05, 0) is 38.5 Å². The minimum Gasteiger partial charge on any atom is -0.370 e. The van der Waals surface area contributed by atoms with Crippen molar-refractivity contribution >= 4 is 29.9 Å². The van der Waals surface area contributed by atoms with Crippen LogP contribution in [0.2, 0.25) is 0 Å². The molecule has 5 heteroatoms. The monoisotopic (exact) mass is 358 g/mol. The van der Waals surface area contributed by atoms with Crippen molar-refractivity contribution in [3.05, 3.63) is 35.4 Å². The molecule has 18 heavy (non-hydrogen) atoms. The zero-order valence-electron chi connectivity index (χ0n) is 10.9. The number of hydrogen-bond acceptors (Lipinski definition) is 2. The van der Waals surface area contributed by atoms with E-state index in [1.165, 1.54) is 0 Å². The van der Waals surface area contributed by atoms with E-state index in [2.05, 4.69) is 16.4 Å². The van der Waals surface area contributed by atoms with Gasteiger partial charge in [0.05, 0.1) is 18.2 Å². The molecule has 0 saturated carbocycles. The molecule has 98 valence electrons. The molecule has 1 aromatic rings. The molecule has 0 radical (unpaired) electrons. The van der Waals surface area contributed by atoms with Gasteiger partial charge in [0.2, 0.25) is 0 Å². The molecular weight excluding hydrogens is 339 g/mol. The topological polar surface area (TPSA) is 74.2 Å². The number of hydrogen-bond donors (Lipinski definition) is 2. The Morgan fingerprint density at radius 1 is 1.33 bits per heavy atom. The van der Waals surface area contributed by atoms with Gasteiger partial charge in [-0.3, -0.25) is 0 Å². The second-order valence-corrected chi connectivity index (χ2v) is 4.89. The first-order valence-corrected chi connectivity index (χ1v) is 5.48. The molecule has 1 aromatic carbocycles. The Kier molecular flexibility index (Phi) is 6.70. The zero-order chi connectivity index (χ0) is 12.9. The number of nitrogens with two attached hydrogens (primary N) is 1. The van der Waals surface area contributed by atoms with Crippen LogP contribution in [0, 0.1) is 11.3 Å². The summed E-state index contributed by atoms with van der Waals surface area (Å²) in [6.45, 7) is 6.59. The predicted octanol–water partition coefficient (Wildman–Crippen LogP) is 2.38. The summed E-state index contributed by atoms with van der Waals surface area (Å²) in [4.78, 5) is 4.24. The molecule has 4 nitrogen and oxygen atoms in total. The lowest BCUT2D eigenvalue weighted by Crippen LogP contribution is -2.44. The number of nitrogens with zero attached hydrogens (tertiary/aromatic N) is 2. The van der Waals surface area contributed by atoms with E-state index in [1.807, 2.05) is 32.9 Å². The van der Waals surface area contributed by atoms with Gasteiger partial charge < -0.3 is 11.1 Å². The highest BCUT2D eigenvalue weighted by Crippen LogP contribution is 2.04. The number of rotatable bonds is 2. The van der Waals surface area contributed by atoms with Crippen LogP contribution in [0.1, 0.15) is 31.9 Å². The van der Waals surface area contributed by atoms with E-state index >= 15 is 0 Å². The molecule has 0 unspecified atom stereocenters. The minimum atomic E-state index is -0.0851. The van der Waals surface area contributed by atoms with Crippen molar-refractivity contribution in [2.75, 3.05) is 0 Å². The highest BCUT2D eigenvalue weighted by atomic mass is 127. The summed E-state index contributed by atoms with van der Waals surface area (Å²) in [6.07, 6.45) is 0. The van der Waals surface area contributed by atoms with Crippen molar-refractivity contribution < 1.29 is 0 Å². The average Bonchev–Trinajstić information content (AvgIpc) is 2.25. The van der Waals surface area contributed by atoms with Crippen molar-refractivity contribution in [3.63, 3.8) is 0 Å². The highest BCUT2D eigenvalue weighted by Gasteiger charge is 2.09.